The average molecular weight is 400 g/mol. The van der Waals surface area contributed by atoms with E-state index in [-0.39, 0.29) is 31.4 Å². The maximum absolute atomic E-state index is 13.1. The first-order valence-corrected chi connectivity index (χ1v) is 7.56. The molecule has 2 fully saturated rings. The molecular formula is C14H21Cl2F2N5O2. The van der Waals surface area contributed by atoms with E-state index in [1.165, 1.54) is 6.33 Å². The molecule has 2 aliphatic heterocycles. The van der Waals surface area contributed by atoms with E-state index in [9.17, 15) is 13.6 Å². The Morgan fingerprint density at radius 1 is 1.36 bits per heavy atom. The summed E-state index contributed by atoms with van der Waals surface area (Å²) in [6.45, 7) is 2.53. The van der Waals surface area contributed by atoms with Gasteiger partial charge in [0.1, 0.15) is 12.1 Å². The van der Waals surface area contributed by atoms with Crippen molar-refractivity contribution >= 4 is 36.5 Å². The third kappa shape index (κ3) is 5.88. The fourth-order valence-corrected chi connectivity index (χ4v) is 2.65. The zero-order chi connectivity index (χ0) is 16.3. The molecule has 2 N–H and O–H groups in total. The number of carbonyl (C=O) groups excluding carboxylic acids is 1. The molecule has 1 aromatic rings. The number of nitrogens with zero attached hydrogens (tertiary/aromatic N) is 3. The molecule has 3 heterocycles. The van der Waals surface area contributed by atoms with Gasteiger partial charge in [0.2, 0.25) is 5.91 Å². The highest BCUT2D eigenvalue weighted by Crippen LogP contribution is 2.25. The van der Waals surface area contributed by atoms with Gasteiger partial charge < -0.3 is 15.0 Å². The molecule has 0 unspecified atom stereocenters. The summed E-state index contributed by atoms with van der Waals surface area (Å²) in [6, 6.07) is 0.938. The van der Waals surface area contributed by atoms with Crippen LogP contribution in [-0.2, 0) is 16.1 Å². The van der Waals surface area contributed by atoms with Crippen LogP contribution in [0.15, 0.2) is 12.4 Å². The van der Waals surface area contributed by atoms with E-state index in [1.54, 1.807) is 6.07 Å². The number of hydrogen-bond donors (Lipinski definition) is 2. The Labute approximate surface area is 156 Å². The lowest BCUT2D eigenvalue weighted by atomic mass is 10.2. The quantitative estimate of drug-likeness (QED) is 0.778. The topological polar surface area (TPSA) is 79.4 Å². The molecule has 7 nitrogen and oxygen atoms in total. The largest absolute Gasteiger partial charge is 0.378 e. The van der Waals surface area contributed by atoms with E-state index >= 15 is 0 Å². The molecule has 142 valence electrons. The van der Waals surface area contributed by atoms with Crippen LogP contribution >= 0.6 is 24.8 Å². The average Bonchev–Trinajstić information content (AvgIpc) is 2.94. The van der Waals surface area contributed by atoms with Crippen LogP contribution in [0.5, 0.6) is 0 Å². The van der Waals surface area contributed by atoms with Crippen LogP contribution in [0.1, 0.15) is 12.1 Å². The smallest absolute Gasteiger partial charge is 0.262 e. The third-order valence-electron chi connectivity index (χ3n) is 3.91. The Kier molecular flexibility index (Phi) is 8.20. The van der Waals surface area contributed by atoms with Crippen LogP contribution in [0.2, 0.25) is 0 Å². The molecule has 0 bridgehead atoms. The van der Waals surface area contributed by atoms with E-state index < -0.39 is 30.8 Å². The summed E-state index contributed by atoms with van der Waals surface area (Å²) in [5, 5.41) is 5.17. The van der Waals surface area contributed by atoms with Gasteiger partial charge in [-0.15, -0.1) is 24.8 Å². The van der Waals surface area contributed by atoms with E-state index in [2.05, 4.69) is 25.5 Å². The standard InChI is InChI=1S/C14H19F2N5O2.2ClH/c15-14(16)6-11(18-8-14)13(22)17-7-10-5-12(20-9-19-10)21-1-3-23-4-2-21;;/h5,9,11,18H,1-4,6-8H2,(H,17,22);2*1H/t11-;;/m0../s1. The van der Waals surface area contributed by atoms with Crippen LogP contribution in [0.25, 0.3) is 0 Å². The molecule has 2 aliphatic rings. The van der Waals surface area contributed by atoms with Gasteiger partial charge in [0.15, 0.2) is 0 Å². The highest BCUT2D eigenvalue weighted by Gasteiger charge is 2.42. The molecule has 2 saturated heterocycles. The van der Waals surface area contributed by atoms with Crippen LogP contribution in [0, 0.1) is 0 Å². The van der Waals surface area contributed by atoms with Crippen LogP contribution in [0.3, 0.4) is 0 Å². The zero-order valence-corrected chi connectivity index (χ0v) is 15.0. The van der Waals surface area contributed by atoms with Gasteiger partial charge >= 0.3 is 0 Å². The van der Waals surface area contributed by atoms with Crippen LogP contribution < -0.4 is 15.5 Å². The summed E-state index contributed by atoms with van der Waals surface area (Å²) in [5.74, 6) is -2.48. The summed E-state index contributed by atoms with van der Waals surface area (Å²) in [7, 11) is 0. The lowest BCUT2D eigenvalue weighted by Gasteiger charge is -2.27. The minimum atomic E-state index is -2.82. The lowest BCUT2D eigenvalue weighted by Crippen LogP contribution is -2.40. The van der Waals surface area contributed by atoms with Crippen molar-refractivity contribution in [3.63, 3.8) is 0 Å². The van der Waals surface area contributed by atoms with Gasteiger partial charge in [0.25, 0.3) is 5.92 Å². The molecule has 1 atom stereocenters. The van der Waals surface area contributed by atoms with Crippen molar-refractivity contribution < 1.29 is 18.3 Å². The van der Waals surface area contributed by atoms with Crippen molar-refractivity contribution in [1.29, 1.82) is 0 Å². The Morgan fingerprint density at radius 3 is 2.72 bits per heavy atom. The van der Waals surface area contributed by atoms with Gasteiger partial charge in [-0.3, -0.25) is 10.1 Å². The van der Waals surface area contributed by atoms with E-state index in [0.29, 0.717) is 18.9 Å². The number of carbonyl (C=O) groups is 1. The summed E-state index contributed by atoms with van der Waals surface area (Å²) >= 11 is 0. The van der Waals surface area contributed by atoms with Crippen LogP contribution in [0.4, 0.5) is 14.6 Å². The summed E-state index contributed by atoms with van der Waals surface area (Å²) in [5.41, 5.74) is 0.639. The van der Waals surface area contributed by atoms with Crippen molar-refractivity contribution in [3.05, 3.63) is 18.1 Å². The van der Waals surface area contributed by atoms with Gasteiger partial charge in [-0.1, -0.05) is 0 Å². The molecule has 1 aromatic heterocycles. The summed E-state index contributed by atoms with van der Waals surface area (Å²) in [6.07, 6.45) is 0.968. The number of amides is 1. The van der Waals surface area contributed by atoms with E-state index in [1.807, 2.05) is 0 Å². The first-order valence-electron chi connectivity index (χ1n) is 7.56. The lowest BCUT2D eigenvalue weighted by molar-refractivity contribution is -0.123. The van der Waals surface area contributed by atoms with Gasteiger partial charge in [-0.2, -0.15) is 0 Å². The first kappa shape index (κ1) is 21.8. The molecule has 0 saturated carbocycles. The van der Waals surface area contributed by atoms with Crippen molar-refractivity contribution in [1.82, 2.24) is 20.6 Å². The minimum absolute atomic E-state index is 0. The highest BCUT2D eigenvalue weighted by atomic mass is 35.5. The van der Waals surface area contributed by atoms with Crippen molar-refractivity contribution in [2.75, 3.05) is 37.7 Å². The monoisotopic (exact) mass is 399 g/mol. The van der Waals surface area contributed by atoms with Gasteiger partial charge in [0.05, 0.1) is 38.0 Å². The number of halogens is 4. The van der Waals surface area contributed by atoms with E-state index in [0.717, 1.165) is 18.9 Å². The minimum Gasteiger partial charge on any atom is -0.378 e. The van der Waals surface area contributed by atoms with Crippen molar-refractivity contribution in [3.8, 4) is 0 Å². The Balaban J connectivity index is 0.00000156. The molecular weight excluding hydrogens is 379 g/mol. The number of aromatic nitrogens is 2. The molecule has 11 heteroatoms. The number of nitrogens with one attached hydrogen (secondary N) is 2. The van der Waals surface area contributed by atoms with E-state index in [4.69, 9.17) is 4.74 Å². The fraction of sp³-hybridized carbons (Fsp3) is 0.643. The number of morpholine rings is 1. The Morgan fingerprint density at radius 2 is 2.08 bits per heavy atom. The molecule has 0 radical (unpaired) electrons. The van der Waals surface area contributed by atoms with Gasteiger partial charge in [0, 0.05) is 25.6 Å². The molecule has 0 aliphatic carbocycles. The Bertz CT molecular complexity index is 576. The molecule has 3 rings (SSSR count). The first-order chi connectivity index (χ1) is 11.0. The molecule has 25 heavy (non-hydrogen) atoms. The number of hydrogen-bond acceptors (Lipinski definition) is 6. The second kappa shape index (κ2) is 9.42. The van der Waals surface area contributed by atoms with Gasteiger partial charge in [-0.05, 0) is 0 Å². The maximum Gasteiger partial charge on any atom is 0.262 e. The highest BCUT2D eigenvalue weighted by molar-refractivity contribution is 5.85. The maximum atomic E-state index is 13.1. The number of anilines is 1. The predicted octanol–water partition coefficient (Wildman–Crippen LogP) is 0.770. The number of alkyl halides is 2. The number of rotatable bonds is 4. The Hall–Kier alpha value is -1.29. The zero-order valence-electron chi connectivity index (χ0n) is 13.4. The predicted molar refractivity (Wildman–Crippen MR) is 92.8 cm³/mol. The second-order valence-corrected chi connectivity index (χ2v) is 5.68. The fourth-order valence-electron chi connectivity index (χ4n) is 2.65. The third-order valence-corrected chi connectivity index (χ3v) is 3.91. The molecule has 0 spiro atoms. The van der Waals surface area contributed by atoms with Crippen molar-refractivity contribution in [2.45, 2.75) is 24.9 Å². The second-order valence-electron chi connectivity index (χ2n) is 5.68. The molecule has 0 aromatic carbocycles. The molecule has 1 amide bonds. The SMILES string of the molecule is Cl.Cl.O=C(NCc1cc(N2CCOCC2)ncn1)[C@@H]1CC(F)(F)CN1. The van der Waals surface area contributed by atoms with Crippen LogP contribution in [-0.4, -0.2) is 60.7 Å². The van der Waals surface area contributed by atoms with Gasteiger partial charge in [-0.25, -0.2) is 18.7 Å². The number of ether oxygens (including phenoxy) is 1. The van der Waals surface area contributed by atoms with Crippen molar-refractivity contribution in [2.24, 2.45) is 0 Å². The normalized spacial score (nSPS) is 21.8. The summed E-state index contributed by atoms with van der Waals surface area (Å²) in [4.78, 5) is 22.3. The summed E-state index contributed by atoms with van der Waals surface area (Å²) < 4.78 is 31.5.